The fourth-order valence-corrected chi connectivity index (χ4v) is 6.08. The molecule has 0 radical (unpaired) electrons. The predicted molar refractivity (Wildman–Crippen MR) is 138 cm³/mol. The summed E-state index contributed by atoms with van der Waals surface area (Å²) in [6, 6.07) is 23.4. The molecule has 1 atom stereocenters. The highest BCUT2D eigenvalue weighted by Gasteiger charge is 2.58. The Morgan fingerprint density at radius 1 is 0.912 bits per heavy atom. The molecule has 0 saturated carbocycles. The summed E-state index contributed by atoms with van der Waals surface area (Å²) in [4.78, 5) is 14.4. The van der Waals surface area contributed by atoms with Gasteiger partial charge in [-0.2, -0.15) is 0 Å². The smallest absolute Gasteiger partial charge is 0.228 e. The molecule has 0 saturated heterocycles. The van der Waals surface area contributed by atoms with Crippen LogP contribution in [-0.2, 0) is 11.8 Å². The lowest BCUT2D eigenvalue weighted by Crippen LogP contribution is -2.61. The molecule has 4 heterocycles. The molecule has 0 fully saturated rings. The van der Waals surface area contributed by atoms with Crippen molar-refractivity contribution in [1.82, 2.24) is 4.98 Å². The zero-order valence-electron chi connectivity index (χ0n) is 19.6. The topological polar surface area (TPSA) is 41.0 Å². The van der Waals surface area contributed by atoms with Gasteiger partial charge in [-0.25, -0.2) is 0 Å². The van der Waals surface area contributed by atoms with Gasteiger partial charge in [-0.15, -0.1) is 0 Å². The third kappa shape index (κ3) is 2.34. The van der Waals surface area contributed by atoms with Crippen molar-refractivity contribution >= 4 is 39.9 Å². The first-order valence-electron chi connectivity index (χ1n) is 11.9. The van der Waals surface area contributed by atoms with Gasteiger partial charge in [0.15, 0.2) is 5.75 Å². The molecule has 3 aliphatic rings. The summed E-state index contributed by atoms with van der Waals surface area (Å²) >= 11 is 0. The summed E-state index contributed by atoms with van der Waals surface area (Å²) in [5, 5.41) is 1.02. The fourth-order valence-electron chi connectivity index (χ4n) is 6.08. The zero-order valence-corrected chi connectivity index (χ0v) is 19.6. The van der Waals surface area contributed by atoms with E-state index in [-0.39, 0.29) is 5.41 Å². The van der Waals surface area contributed by atoms with E-state index in [1.165, 1.54) is 22.5 Å². The number of likely N-dealkylation sites (N-methyl/N-ethyl adjacent to an activating group) is 1. The fraction of sp³-hybridized carbons (Fsp3) is 0.241. The Kier molecular flexibility index (Phi) is 3.80. The zero-order chi connectivity index (χ0) is 23.1. The molecule has 5 nitrogen and oxygen atoms in total. The first kappa shape index (κ1) is 19.6. The molecule has 0 bridgehead atoms. The van der Waals surface area contributed by atoms with E-state index in [0.29, 0.717) is 0 Å². The van der Waals surface area contributed by atoms with Gasteiger partial charge >= 0.3 is 0 Å². The van der Waals surface area contributed by atoms with Crippen molar-refractivity contribution < 1.29 is 4.74 Å². The monoisotopic (exact) mass is 446 g/mol. The van der Waals surface area contributed by atoms with Crippen molar-refractivity contribution in [2.75, 3.05) is 23.4 Å². The minimum Gasteiger partial charge on any atom is -0.459 e. The third-order valence-corrected chi connectivity index (χ3v) is 7.95. The average molecular weight is 447 g/mol. The van der Waals surface area contributed by atoms with E-state index in [2.05, 4.69) is 91.4 Å². The van der Waals surface area contributed by atoms with Crippen LogP contribution < -0.4 is 14.5 Å². The second kappa shape index (κ2) is 6.60. The molecule has 0 aliphatic carbocycles. The Balaban J connectivity index is 1.43. The van der Waals surface area contributed by atoms with Crippen LogP contribution in [0.5, 0.6) is 5.75 Å². The average Bonchev–Trinajstić information content (AvgIpc) is 3.36. The number of hydrogen-bond donors (Lipinski definition) is 0. The van der Waals surface area contributed by atoms with Crippen LogP contribution in [0.2, 0.25) is 0 Å². The van der Waals surface area contributed by atoms with Crippen molar-refractivity contribution in [2.24, 2.45) is 4.99 Å². The van der Waals surface area contributed by atoms with Crippen LogP contribution in [0.1, 0.15) is 25.0 Å². The number of hydrogen-bond acceptors (Lipinski definition) is 5. The van der Waals surface area contributed by atoms with Gasteiger partial charge in [-0.1, -0.05) is 36.4 Å². The highest BCUT2D eigenvalue weighted by molar-refractivity contribution is 6.05. The van der Waals surface area contributed by atoms with Crippen LogP contribution in [0.25, 0.3) is 10.9 Å². The number of anilines is 3. The molecule has 0 N–H and O–H groups in total. The maximum absolute atomic E-state index is 7.01. The van der Waals surface area contributed by atoms with E-state index in [0.717, 1.165) is 41.0 Å². The lowest BCUT2D eigenvalue weighted by atomic mass is 9.77. The summed E-state index contributed by atoms with van der Waals surface area (Å²) in [5.41, 5.74) is 6.94. The van der Waals surface area contributed by atoms with Gasteiger partial charge in [0.1, 0.15) is 5.69 Å². The molecule has 1 spiro atoms. The first-order chi connectivity index (χ1) is 16.5. The second-order valence-corrected chi connectivity index (χ2v) is 9.93. The number of aliphatic imine (C=N–C) groups is 1. The quantitative estimate of drug-likeness (QED) is 0.352. The van der Waals surface area contributed by atoms with Gasteiger partial charge in [0.05, 0.1) is 22.8 Å². The SMILES string of the molecule is CN1c2ccccc2C(C)(C)C12C=Nc1c(cc(N3CCc4ccccc43)c3ncccc13)O2. The van der Waals surface area contributed by atoms with Gasteiger partial charge in [-0.3, -0.25) is 9.98 Å². The molecular formula is C29H26N4O. The van der Waals surface area contributed by atoms with Gasteiger partial charge in [0.2, 0.25) is 5.72 Å². The molecule has 1 unspecified atom stereocenters. The Morgan fingerprint density at radius 3 is 2.56 bits per heavy atom. The number of rotatable bonds is 1. The number of pyridine rings is 1. The van der Waals surface area contributed by atoms with Gasteiger partial charge in [0.25, 0.3) is 0 Å². The van der Waals surface area contributed by atoms with Crippen LogP contribution in [0.4, 0.5) is 22.7 Å². The Hall–Kier alpha value is -3.86. The molecule has 7 rings (SSSR count). The number of fused-ring (bicyclic) bond motifs is 5. The number of aromatic nitrogens is 1. The highest BCUT2D eigenvalue weighted by atomic mass is 16.5. The van der Waals surface area contributed by atoms with Crippen LogP contribution in [0, 0.1) is 0 Å². The van der Waals surface area contributed by atoms with Crippen molar-refractivity contribution in [3.05, 3.63) is 84.1 Å². The second-order valence-electron chi connectivity index (χ2n) is 9.93. The van der Waals surface area contributed by atoms with Gasteiger partial charge in [0, 0.05) is 42.6 Å². The lowest BCUT2D eigenvalue weighted by molar-refractivity contribution is 0.0827. The van der Waals surface area contributed by atoms with Crippen molar-refractivity contribution in [1.29, 1.82) is 0 Å². The molecule has 4 aromatic rings. The summed E-state index contributed by atoms with van der Waals surface area (Å²) < 4.78 is 7.01. The molecule has 3 aliphatic heterocycles. The Labute approximate surface area is 199 Å². The highest BCUT2D eigenvalue weighted by Crippen LogP contribution is 2.55. The maximum Gasteiger partial charge on any atom is 0.228 e. The van der Waals surface area contributed by atoms with E-state index in [9.17, 15) is 0 Å². The summed E-state index contributed by atoms with van der Waals surface area (Å²) in [6.45, 7) is 5.41. The van der Waals surface area contributed by atoms with E-state index < -0.39 is 5.72 Å². The van der Waals surface area contributed by atoms with Gasteiger partial charge < -0.3 is 14.5 Å². The molecular weight excluding hydrogens is 420 g/mol. The molecule has 0 amide bonds. The van der Waals surface area contributed by atoms with Crippen LogP contribution >= 0.6 is 0 Å². The third-order valence-electron chi connectivity index (χ3n) is 7.95. The summed E-state index contributed by atoms with van der Waals surface area (Å²) in [5.74, 6) is 0.801. The minimum atomic E-state index is -0.709. The molecule has 168 valence electrons. The summed E-state index contributed by atoms with van der Waals surface area (Å²) in [7, 11) is 2.10. The maximum atomic E-state index is 7.01. The summed E-state index contributed by atoms with van der Waals surface area (Å²) in [6.07, 6.45) is 4.88. The van der Waals surface area contributed by atoms with Crippen molar-refractivity contribution in [3.63, 3.8) is 0 Å². The lowest BCUT2D eigenvalue weighted by Gasteiger charge is -2.45. The number of benzene rings is 3. The molecule has 3 aromatic carbocycles. The van der Waals surface area contributed by atoms with Crippen LogP contribution in [-0.4, -0.2) is 30.5 Å². The molecule has 34 heavy (non-hydrogen) atoms. The van der Waals surface area contributed by atoms with Crippen molar-refractivity contribution in [2.45, 2.75) is 31.4 Å². The van der Waals surface area contributed by atoms with Crippen LogP contribution in [0.15, 0.2) is 77.9 Å². The molecule has 1 aromatic heterocycles. The number of para-hydroxylation sites is 2. The Bertz CT molecular complexity index is 1510. The van der Waals surface area contributed by atoms with E-state index in [4.69, 9.17) is 14.7 Å². The normalized spacial score (nSPS) is 21.5. The van der Waals surface area contributed by atoms with E-state index in [1.54, 1.807) is 0 Å². The number of ether oxygens (including phenoxy) is 1. The van der Waals surface area contributed by atoms with E-state index in [1.807, 2.05) is 18.5 Å². The minimum absolute atomic E-state index is 0.288. The van der Waals surface area contributed by atoms with E-state index >= 15 is 0 Å². The number of nitrogens with zero attached hydrogens (tertiary/aromatic N) is 4. The Morgan fingerprint density at radius 2 is 1.71 bits per heavy atom. The standard InChI is InChI=1S/C29H26N4O/c1-28(2)21-11-5-7-13-23(21)32(3)29(28)18-31-27-20-10-8-15-30-26(20)24(17-25(27)34-29)33-16-14-19-9-4-6-12-22(19)33/h4-13,15,17-18H,14,16H2,1-3H3. The van der Waals surface area contributed by atoms with Crippen molar-refractivity contribution in [3.8, 4) is 5.75 Å². The molecule has 5 heteroatoms. The predicted octanol–water partition coefficient (Wildman–Crippen LogP) is 6.15. The van der Waals surface area contributed by atoms with Crippen LogP contribution in [0.3, 0.4) is 0 Å². The largest absolute Gasteiger partial charge is 0.459 e. The first-order valence-corrected chi connectivity index (χ1v) is 11.9. The van der Waals surface area contributed by atoms with Gasteiger partial charge in [-0.05, 0) is 55.7 Å².